The van der Waals surface area contributed by atoms with Crippen molar-refractivity contribution in [2.75, 3.05) is 18.0 Å². The molecule has 0 spiro atoms. The quantitative estimate of drug-likeness (QED) is 0.229. The van der Waals surface area contributed by atoms with Crippen molar-refractivity contribution in [3.8, 4) is 11.3 Å². The smallest absolute Gasteiger partial charge is 0.341 e. The predicted octanol–water partition coefficient (Wildman–Crippen LogP) is 6.64. The molecule has 13 heteroatoms. The molecule has 0 unspecified atom stereocenters. The molecule has 2 aromatic carbocycles. The molecule has 0 saturated carbocycles. The number of amides is 1. The molecule has 3 heterocycles. The predicted molar refractivity (Wildman–Crippen MR) is 156 cm³/mol. The number of sulfone groups is 1. The lowest BCUT2D eigenvalue weighted by atomic mass is 9.92. The van der Waals surface area contributed by atoms with Crippen LogP contribution in [0, 0.1) is 23.5 Å². The van der Waals surface area contributed by atoms with Crippen LogP contribution in [0.4, 0.5) is 23.4 Å². The first-order valence-corrected chi connectivity index (χ1v) is 15.3. The van der Waals surface area contributed by atoms with Gasteiger partial charge >= 0.3 is 5.76 Å². The van der Waals surface area contributed by atoms with Gasteiger partial charge in [0.15, 0.2) is 0 Å². The number of benzene rings is 2. The van der Waals surface area contributed by atoms with Crippen LogP contribution >= 0.6 is 11.6 Å². The third kappa shape index (κ3) is 6.59. The highest BCUT2D eigenvalue weighted by Crippen LogP contribution is 2.32. The highest BCUT2D eigenvalue weighted by Gasteiger charge is 2.28. The molecule has 1 N–H and O–H groups in total. The first-order valence-electron chi connectivity index (χ1n) is 13.4. The molecular formula is C30H27ClF4N4O3S. The molecule has 226 valence electrons. The SMILES string of the molecule is C[C@@H]1C[C@H](C)CN(c2cc(F)cc(-c3ccc4cnc(CNC(=O)c5cc(Cl)cc(S(=O)(=O)C(F)F)c5)cc4c3F)n2)C1. The minimum atomic E-state index is -4.98. The maximum Gasteiger partial charge on any atom is 0.341 e. The second-order valence-electron chi connectivity index (χ2n) is 10.9. The largest absolute Gasteiger partial charge is 0.356 e. The third-order valence-electron chi connectivity index (χ3n) is 7.27. The van der Waals surface area contributed by atoms with Crippen molar-refractivity contribution in [1.82, 2.24) is 15.3 Å². The normalized spacial score (nSPS) is 17.4. The van der Waals surface area contributed by atoms with Crippen LogP contribution in [0.3, 0.4) is 0 Å². The number of hydrogen-bond acceptors (Lipinski definition) is 6. The topological polar surface area (TPSA) is 92.3 Å². The van der Waals surface area contributed by atoms with Crippen LogP contribution in [-0.2, 0) is 16.4 Å². The van der Waals surface area contributed by atoms with Crippen LogP contribution in [0.2, 0.25) is 5.02 Å². The number of aromatic nitrogens is 2. The molecule has 1 saturated heterocycles. The van der Waals surface area contributed by atoms with Gasteiger partial charge in [0.1, 0.15) is 17.5 Å². The number of rotatable bonds is 7. The fraction of sp³-hybridized carbons (Fsp3) is 0.300. The maximum atomic E-state index is 15.9. The zero-order chi connectivity index (χ0) is 31.1. The summed E-state index contributed by atoms with van der Waals surface area (Å²) in [5.41, 5.74) is 0.233. The van der Waals surface area contributed by atoms with E-state index in [1.54, 1.807) is 6.07 Å². The van der Waals surface area contributed by atoms with Crippen LogP contribution in [0.15, 0.2) is 59.6 Å². The van der Waals surface area contributed by atoms with Crippen molar-refractivity contribution in [2.45, 2.75) is 37.5 Å². The first-order chi connectivity index (χ1) is 20.3. The van der Waals surface area contributed by atoms with E-state index in [1.165, 1.54) is 30.5 Å². The summed E-state index contributed by atoms with van der Waals surface area (Å²) in [7, 11) is -4.98. The molecule has 7 nitrogen and oxygen atoms in total. The Morgan fingerprint density at radius 1 is 1.07 bits per heavy atom. The van der Waals surface area contributed by atoms with Crippen molar-refractivity contribution in [3.05, 3.63) is 82.6 Å². The summed E-state index contributed by atoms with van der Waals surface area (Å²) in [4.78, 5) is 22.8. The lowest BCUT2D eigenvalue weighted by molar-refractivity contribution is 0.0950. The molecule has 2 atom stereocenters. The van der Waals surface area contributed by atoms with Gasteiger partial charge in [-0.25, -0.2) is 22.2 Å². The Hall–Kier alpha value is -3.77. The number of piperidine rings is 1. The van der Waals surface area contributed by atoms with Gasteiger partial charge in [0.2, 0.25) is 9.84 Å². The average Bonchev–Trinajstić information content (AvgIpc) is 2.95. The molecule has 1 aliphatic rings. The van der Waals surface area contributed by atoms with E-state index in [2.05, 4.69) is 29.1 Å². The Morgan fingerprint density at radius 2 is 1.79 bits per heavy atom. The van der Waals surface area contributed by atoms with E-state index in [1.807, 2.05) is 4.90 Å². The molecule has 0 aliphatic carbocycles. The van der Waals surface area contributed by atoms with E-state index in [9.17, 15) is 26.4 Å². The fourth-order valence-corrected chi connectivity index (χ4v) is 6.47. The standard InChI is InChI=1S/C30H27ClF4N4O3S/c1-16-5-17(2)15-39(14-16)27-10-21(32)9-26(38-27)24-4-3-18-12-36-22(11-25(18)28(24)33)13-37-29(40)19-6-20(31)8-23(7-19)43(41,42)30(34)35/h3-4,6-12,16-17,30H,5,13-15H2,1-2H3,(H,37,40)/t16-,17+. The molecular weight excluding hydrogens is 608 g/mol. The molecule has 2 aromatic heterocycles. The number of hydrogen-bond donors (Lipinski definition) is 1. The molecule has 4 aromatic rings. The second kappa shape index (κ2) is 12.1. The van der Waals surface area contributed by atoms with Gasteiger partial charge in [0.05, 0.1) is 22.8 Å². The van der Waals surface area contributed by atoms with Gasteiger partial charge in [-0.15, -0.1) is 0 Å². The van der Waals surface area contributed by atoms with Crippen molar-refractivity contribution < 1.29 is 30.8 Å². The summed E-state index contributed by atoms with van der Waals surface area (Å²) in [6.45, 7) is 5.50. The summed E-state index contributed by atoms with van der Waals surface area (Å²) in [5, 5.41) is 2.91. The molecule has 43 heavy (non-hydrogen) atoms. The van der Waals surface area contributed by atoms with E-state index in [0.717, 1.165) is 37.7 Å². The zero-order valence-electron chi connectivity index (χ0n) is 23.1. The number of anilines is 1. The Labute approximate surface area is 250 Å². The number of nitrogens with zero attached hydrogens (tertiary/aromatic N) is 3. The maximum absolute atomic E-state index is 15.9. The average molecular weight is 635 g/mol. The van der Waals surface area contributed by atoms with Gasteiger partial charge in [-0.3, -0.25) is 9.78 Å². The van der Waals surface area contributed by atoms with Crippen LogP contribution in [0.5, 0.6) is 0 Å². The summed E-state index contributed by atoms with van der Waals surface area (Å²) in [5.74, 6) is -4.41. The molecule has 1 aliphatic heterocycles. The van der Waals surface area contributed by atoms with Gasteiger partial charge in [-0.05, 0) is 48.6 Å². The number of nitrogens with one attached hydrogen (secondary N) is 1. The van der Waals surface area contributed by atoms with E-state index in [-0.39, 0.29) is 39.5 Å². The van der Waals surface area contributed by atoms with Crippen molar-refractivity contribution in [2.24, 2.45) is 11.8 Å². The fourth-order valence-electron chi connectivity index (χ4n) is 5.39. The number of fused-ring (bicyclic) bond motifs is 1. The minimum absolute atomic E-state index is 0.0965. The highest BCUT2D eigenvalue weighted by atomic mass is 35.5. The number of alkyl halides is 2. The van der Waals surface area contributed by atoms with E-state index in [0.29, 0.717) is 23.0 Å². The van der Waals surface area contributed by atoms with Crippen LogP contribution in [0.1, 0.15) is 36.3 Å². The van der Waals surface area contributed by atoms with Gasteiger partial charge in [0, 0.05) is 58.3 Å². The summed E-state index contributed by atoms with van der Waals surface area (Å²) in [6, 6.07) is 9.86. The Kier molecular flexibility index (Phi) is 8.62. The number of pyridine rings is 2. The van der Waals surface area contributed by atoms with Crippen molar-refractivity contribution in [1.29, 1.82) is 0 Å². The third-order valence-corrected chi connectivity index (χ3v) is 8.85. The molecule has 0 bridgehead atoms. The van der Waals surface area contributed by atoms with Crippen molar-refractivity contribution in [3.63, 3.8) is 0 Å². The Balaban J connectivity index is 1.40. The monoisotopic (exact) mass is 634 g/mol. The second-order valence-corrected chi connectivity index (χ2v) is 13.2. The number of carbonyl (C=O) groups is 1. The van der Waals surface area contributed by atoms with Crippen LogP contribution in [0.25, 0.3) is 22.0 Å². The lowest BCUT2D eigenvalue weighted by Gasteiger charge is -2.36. The summed E-state index contributed by atoms with van der Waals surface area (Å²) in [6.07, 6.45) is 2.48. The summed E-state index contributed by atoms with van der Waals surface area (Å²) >= 11 is 5.87. The van der Waals surface area contributed by atoms with Crippen molar-refractivity contribution >= 4 is 43.9 Å². The highest BCUT2D eigenvalue weighted by molar-refractivity contribution is 7.91. The van der Waals surface area contributed by atoms with E-state index in [4.69, 9.17) is 11.6 Å². The molecule has 5 rings (SSSR count). The van der Waals surface area contributed by atoms with Gasteiger partial charge in [0.25, 0.3) is 5.91 Å². The Morgan fingerprint density at radius 3 is 2.49 bits per heavy atom. The number of carbonyl (C=O) groups excluding carboxylic acids is 1. The van der Waals surface area contributed by atoms with Crippen LogP contribution < -0.4 is 10.2 Å². The van der Waals surface area contributed by atoms with Crippen LogP contribution in [-0.4, -0.2) is 43.1 Å². The number of halogens is 5. The van der Waals surface area contributed by atoms with E-state index >= 15 is 4.39 Å². The van der Waals surface area contributed by atoms with Gasteiger partial charge in [-0.2, -0.15) is 8.78 Å². The lowest BCUT2D eigenvalue weighted by Crippen LogP contribution is -2.39. The molecule has 1 fully saturated rings. The zero-order valence-corrected chi connectivity index (χ0v) is 24.7. The minimum Gasteiger partial charge on any atom is -0.356 e. The van der Waals surface area contributed by atoms with Gasteiger partial charge < -0.3 is 10.2 Å². The Bertz CT molecular complexity index is 1810. The molecule has 1 amide bonds. The first kappa shape index (κ1) is 30.7. The molecule has 0 radical (unpaired) electrons. The van der Waals surface area contributed by atoms with E-state index < -0.39 is 38.0 Å². The van der Waals surface area contributed by atoms with Gasteiger partial charge in [-0.1, -0.05) is 31.5 Å². The summed E-state index contributed by atoms with van der Waals surface area (Å²) < 4.78 is 80.3.